The third kappa shape index (κ3) is 5.14. The third-order valence-electron chi connectivity index (χ3n) is 2.56. The molecule has 1 N–H and O–H groups in total. The number of halogens is 2. The van der Waals surface area contributed by atoms with Crippen LogP contribution < -0.4 is 5.32 Å². The van der Waals surface area contributed by atoms with E-state index in [1.807, 2.05) is 0 Å². The number of rotatable bonds is 5. The van der Waals surface area contributed by atoms with E-state index < -0.39 is 24.3 Å². The molecule has 2 amide bonds. The van der Waals surface area contributed by atoms with E-state index in [0.29, 0.717) is 4.47 Å². The highest BCUT2D eigenvalue weighted by Crippen LogP contribution is 2.16. The molecule has 21 heavy (non-hydrogen) atoms. The van der Waals surface area contributed by atoms with Gasteiger partial charge in [-0.1, -0.05) is 15.9 Å². The number of nitrogens with zero attached hydrogens (tertiary/aromatic N) is 1. The van der Waals surface area contributed by atoms with E-state index in [4.69, 9.17) is 4.74 Å². The van der Waals surface area contributed by atoms with Crippen LogP contribution in [0.1, 0.15) is 10.4 Å². The lowest BCUT2D eigenvalue weighted by Crippen LogP contribution is -2.39. The summed E-state index contributed by atoms with van der Waals surface area (Å²) in [5, 5.41) is 2.36. The fourth-order valence-electron chi connectivity index (χ4n) is 1.35. The Bertz CT molecular complexity index is 565. The van der Waals surface area contributed by atoms with Crippen molar-refractivity contribution >= 4 is 33.7 Å². The molecule has 0 aromatic heterocycles. The van der Waals surface area contributed by atoms with Crippen LogP contribution in [0.5, 0.6) is 0 Å². The summed E-state index contributed by atoms with van der Waals surface area (Å²) in [5.41, 5.74) is -0.264. The van der Waals surface area contributed by atoms with Gasteiger partial charge in [0.05, 0.1) is 12.1 Å². The van der Waals surface area contributed by atoms with Gasteiger partial charge in [-0.15, -0.1) is 0 Å². The van der Waals surface area contributed by atoms with Gasteiger partial charge in [0.1, 0.15) is 5.82 Å². The van der Waals surface area contributed by atoms with E-state index in [1.54, 1.807) is 0 Å². The van der Waals surface area contributed by atoms with Gasteiger partial charge in [-0.25, -0.2) is 9.18 Å². The monoisotopic (exact) mass is 360 g/mol. The first-order chi connectivity index (χ1) is 9.85. The zero-order valence-corrected chi connectivity index (χ0v) is 13.1. The Kier molecular flexibility index (Phi) is 6.29. The lowest BCUT2D eigenvalue weighted by Gasteiger charge is -2.15. The van der Waals surface area contributed by atoms with Crippen molar-refractivity contribution in [3.05, 3.63) is 34.1 Å². The highest BCUT2D eigenvalue weighted by Gasteiger charge is 2.17. The number of ether oxygens (including phenoxy) is 1. The molecular weight excluding hydrogens is 347 g/mol. The van der Waals surface area contributed by atoms with Gasteiger partial charge in [0.2, 0.25) is 5.91 Å². The minimum atomic E-state index is -0.943. The fraction of sp³-hybridized carbons (Fsp3) is 0.308. The fourth-order valence-corrected chi connectivity index (χ4v) is 1.69. The molecule has 0 aliphatic carbocycles. The van der Waals surface area contributed by atoms with Crippen LogP contribution in [0.15, 0.2) is 22.7 Å². The molecule has 1 aromatic carbocycles. The number of nitrogens with one attached hydrogen (secondary N) is 1. The molecule has 1 rings (SSSR count). The Morgan fingerprint density at radius 3 is 2.62 bits per heavy atom. The second kappa shape index (κ2) is 7.72. The molecule has 0 bridgehead atoms. The molecule has 0 spiro atoms. The number of hydrogen-bond acceptors (Lipinski definition) is 4. The van der Waals surface area contributed by atoms with E-state index in [0.717, 1.165) is 11.0 Å². The van der Waals surface area contributed by atoms with Crippen molar-refractivity contribution in [3.8, 4) is 0 Å². The predicted molar refractivity (Wildman–Crippen MR) is 76.1 cm³/mol. The molecule has 114 valence electrons. The Labute approximate surface area is 129 Å². The largest absolute Gasteiger partial charge is 0.452 e. The van der Waals surface area contributed by atoms with Crippen molar-refractivity contribution in [2.45, 2.75) is 0 Å². The minimum Gasteiger partial charge on any atom is -0.452 e. The molecule has 0 aliphatic rings. The summed E-state index contributed by atoms with van der Waals surface area (Å²) >= 11 is 3.07. The third-order valence-corrected chi connectivity index (χ3v) is 3.06. The van der Waals surface area contributed by atoms with Crippen LogP contribution in [-0.4, -0.2) is 49.9 Å². The number of amides is 2. The summed E-state index contributed by atoms with van der Waals surface area (Å²) in [4.78, 5) is 35.5. The van der Waals surface area contributed by atoms with Crippen molar-refractivity contribution in [2.24, 2.45) is 0 Å². The van der Waals surface area contributed by atoms with E-state index in [1.165, 1.54) is 26.2 Å². The normalized spacial score (nSPS) is 9.90. The maximum absolute atomic E-state index is 13.5. The maximum Gasteiger partial charge on any atom is 0.341 e. The number of esters is 1. The average molecular weight is 361 g/mol. The molecular formula is C13H14BrFN2O4. The molecule has 0 saturated carbocycles. The second-order valence-electron chi connectivity index (χ2n) is 4.12. The van der Waals surface area contributed by atoms with Crippen LogP contribution in [0, 0.1) is 5.82 Å². The van der Waals surface area contributed by atoms with E-state index in [9.17, 15) is 18.8 Å². The van der Waals surface area contributed by atoms with Gasteiger partial charge in [0.25, 0.3) is 5.91 Å². The van der Waals surface area contributed by atoms with Gasteiger partial charge < -0.3 is 15.0 Å². The second-order valence-corrected chi connectivity index (χ2v) is 5.04. The first kappa shape index (κ1) is 17.1. The highest BCUT2D eigenvalue weighted by atomic mass is 79.9. The van der Waals surface area contributed by atoms with Crippen molar-refractivity contribution < 1.29 is 23.5 Å². The SMILES string of the molecule is CNC(=O)CN(C)C(=O)COC(=O)c1ccc(Br)cc1F. The zero-order chi connectivity index (χ0) is 16.0. The van der Waals surface area contributed by atoms with Crippen LogP contribution in [-0.2, 0) is 14.3 Å². The Morgan fingerprint density at radius 1 is 1.38 bits per heavy atom. The number of hydrogen-bond donors (Lipinski definition) is 1. The highest BCUT2D eigenvalue weighted by molar-refractivity contribution is 9.10. The molecule has 0 radical (unpaired) electrons. The maximum atomic E-state index is 13.5. The molecule has 0 fully saturated rings. The van der Waals surface area contributed by atoms with Crippen LogP contribution >= 0.6 is 15.9 Å². The van der Waals surface area contributed by atoms with Crippen molar-refractivity contribution in [1.82, 2.24) is 10.2 Å². The smallest absolute Gasteiger partial charge is 0.341 e. The first-order valence-electron chi connectivity index (χ1n) is 5.92. The molecule has 0 heterocycles. The van der Waals surface area contributed by atoms with Crippen LogP contribution in [0.2, 0.25) is 0 Å². The van der Waals surface area contributed by atoms with E-state index in [-0.39, 0.29) is 18.0 Å². The molecule has 0 atom stereocenters. The van der Waals surface area contributed by atoms with Crippen molar-refractivity contribution in [1.29, 1.82) is 0 Å². The Hall–Kier alpha value is -1.96. The van der Waals surface area contributed by atoms with E-state index in [2.05, 4.69) is 21.2 Å². The number of carbonyl (C=O) groups is 3. The lowest BCUT2D eigenvalue weighted by molar-refractivity contribution is -0.137. The number of carbonyl (C=O) groups excluding carboxylic acids is 3. The number of benzene rings is 1. The van der Waals surface area contributed by atoms with Gasteiger partial charge >= 0.3 is 5.97 Å². The molecule has 0 unspecified atom stereocenters. The first-order valence-corrected chi connectivity index (χ1v) is 6.71. The summed E-state index contributed by atoms with van der Waals surface area (Å²) in [6.07, 6.45) is 0. The average Bonchev–Trinajstić information content (AvgIpc) is 2.43. The Morgan fingerprint density at radius 2 is 2.05 bits per heavy atom. The summed E-state index contributed by atoms with van der Waals surface area (Å²) in [6.45, 7) is -0.721. The Balaban J connectivity index is 2.56. The zero-order valence-electron chi connectivity index (χ0n) is 11.5. The molecule has 0 aliphatic heterocycles. The van der Waals surface area contributed by atoms with Crippen molar-refractivity contribution in [2.75, 3.05) is 27.2 Å². The quantitative estimate of drug-likeness (QED) is 0.793. The van der Waals surface area contributed by atoms with Crippen LogP contribution in [0.4, 0.5) is 4.39 Å². The topological polar surface area (TPSA) is 75.7 Å². The molecule has 8 heteroatoms. The summed E-state index contributed by atoms with van der Waals surface area (Å²) in [6, 6.07) is 3.86. The van der Waals surface area contributed by atoms with E-state index >= 15 is 0 Å². The van der Waals surface area contributed by atoms with Gasteiger partial charge in [0.15, 0.2) is 6.61 Å². The standard InChI is InChI=1S/C13H14BrFN2O4/c1-16-11(18)6-17(2)12(19)7-21-13(20)9-4-3-8(14)5-10(9)15/h3-5H,6-7H2,1-2H3,(H,16,18). The summed E-state index contributed by atoms with van der Waals surface area (Å²) < 4.78 is 18.7. The number of likely N-dealkylation sites (N-methyl/N-ethyl adjacent to an activating group) is 2. The molecule has 1 aromatic rings. The lowest BCUT2D eigenvalue weighted by atomic mass is 10.2. The van der Waals surface area contributed by atoms with Crippen molar-refractivity contribution in [3.63, 3.8) is 0 Å². The van der Waals surface area contributed by atoms with Gasteiger partial charge in [0, 0.05) is 18.6 Å². The molecule has 0 saturated heterocycles. The summed E-state index contributed by atoms with van der Waals surface area (Å²) in [5.74, 6) is -2.61. The van der Waals surface area contributed by atoms with Gasteiger partial charge in [-0.3, -0.25) is 9.59 Å². The predicted octanol–water partition coefficient (Wildman–Crippen LogP) is 0.949. The summed E-state index contributed by atoms with van der Waals surface area (Å²) in [7, 11) is 2.84. The molecule has 6 nitrogen and oxygen atoms in total. The van der Waals surface area contributed by atoms with Crippen LogP contribution in [0.3, 0.4) is 0 Å². The van der Waals surface area contributed by atoms with Gasteiger partial charge in [-0.05, 0) is 18.2 Å². The van der Waals surface area contributed by atoms with Gasteiger partial charge in [-0.2, -0.15) is 0 Å². The van der Waals surface area contributed by atoms with Crippen LogP contribution in [0.25, 0.3) is 0 Å². The minimum absolute atomic E-state index is 0.153.